The zero-order chi connectivity index (χ0) is 8.36. The van der Waals surface area contributed by atoms with Gasteiger partial charge in [0.2, 0.25) is 0 Å². The molecule has 0 radical (unpaired) electrons. The predicted molar refractivity (Wildman–Crippen MR) is 40.9 cm³/mol. The van der Waals surface area contributed by atoms with Crippen molar-refractivity contribution in [2.24, 2.45) is 0 Å². The highest BCUT2D eigenvalue weighted by Crippen LogP contribution is 2.11. The number of rotatable bonds is 2. The Morgan fingerprint density at radius 2 is 1.90 bits per heavy atom. The second-order valence-corrected chi connectivity index (χ2v) is 3.20. The van der Waals surface area contributed by atoms with Crippen LogP contribution in [0.15, 0.2) is 12.3 Å². The molecule has 0 amide bonds. The van der Waals surface area contributed by atoms with Crippen LogP contribution in [-0.4, -0.2) is 10.8 Å². The zero-order valence-electron chi connectivity index (χ0n) is 6.97. The first-order valence-corrected chi connectivity index (χ1v) is 3.15. The molecule has 0 rings (SSSR count). The van der Waals surface area contributed by atoms with Crippen LogP contribution in [0.5, 0.6) is 0 Å². The summed E-state index contributed by atoms with van der Waals surface area (Å²) in [5.41, 5.74) is -0.0873. The predicted octanol–water partition coefficient (Wildman–Crippen LogP) is 2.05. The fraction of sp³-hybridized carbons (Fsp3) is 0.714. The van der Waals surface area contributed by atoms with Gasteiger partial charge in [0.1, 0.15) is 0 Å². The van der Waals surface area contributed by atoms with Crippen molar-refractivity contribution in [3.8, 4) is 0 Å². The van der Waals surface area contributed by atoms with Crippen LogP contribution >= 0.6 is 0 Å². The lowest BCUT2D eigenvalue weighted by Gasteiger charge is -2.35. The Balaban J connectivity index is 3.80. The monoisotopic (exact) mass is 144 g/mol. The van der Waals surface area contributed by atoms with E-state index >= 15 is 0 Å². The molecule has 0 aromatic carbocycles. The minimum absolute atomic E-state index is 0.356. The molecule has 0 aliphatic heterocycles. The van der Waals surface area contributed by atoms with Gasteiger partial charge in [-0.25, -0.2) is 0 Å². The first kappa shape index (κ1) is 9.46. The lowest BCUT2D eigenvalue weighted by atomic mass is 10.2. The average molecular weight is 144 g/mol. The molecule has 3 nitrogen and oxygen atoms in total. The Kier molecular flexibility index (Phi) is 2.87. The Morgan fingerprint density at radius 3 is 2.00 bits per heavy atom. The lowest BCUT2D eigenvalue weighted by Crippen LogP contribution is -2.28. The lowest BCUT2D eigenvalue weighted by molar-refractivity contribution is -0.177. The van der Waals surface area contributed by atoms with Gasteiger partial charge < -0.3 is 10.4 Å². The molecule has 0 aliphatic carbocycles. The number of nitrogens with zero attached hydrogens (tertiary/aromatic N) is 1. The molecule has 0 fully saturated rings. The summed E-state index contributed by atoms with van der Waals surface area (Å²) in [7, 11) is 0. The fourth-order valence-corrected chi connectivity index (χ4v) is 0.327. The van der Waals surface area contributed by atoms with Crippen molar-refractivity contribution in [2.45, 2.75) is 33.3 Å². The van der Waals surface area contributed by atoms with Crippen molar-refractivity contribution in [3.63, 3.8) is 0 Å². The molecular formula is C7H14NO2-. The van der Waals surface area contributed by atoms with Crippen LogP contribution in [0.2, 0.25) is 0 Å². The number of allylic oxidation sites excluding steroid dienone is 1. The summed E-state index contributed by atoms with van der Waals surface area (Å²) >= 11 is 0. The van der Waals surface area contributed by atoms with E-state index in [0.717, 1.165) is 0 Å². The van der Waals surface area contributed by atoms with E-state index in [0.29, 0.717) is 10.9 Å². The third-order valence-corrected chi connectivity index (χ3v) is 0.668. The highest BCUT2D eigenvalue weighted by molar-refractivity contribution is 4.84. The molecule has 0 saturated carbocycles. The van der Waals surface area contributed by atoms with E-state index in [9.17, 15) is 5.21 Å². The molecule has 0 heterocycles. The molecule has 0 unspecified atom stereocenters. The van der Waals surface area contributed by atoms with Gasteiger partial charge in [0, 0.05) is 5.70 Å². The maximum absolute atomic E-state index is 10.8. The van der Waals surface area contributed by atoms with E-state index < -0.39 is 5.60 Å². The second-order valence-electron chi connectivity index (χ2n) is 3.20. The smallest absolute Gasteiger partial charge is 0.0868 e. The SMILES string of the molecule is C=C(C)N([O-])OC(C)(C)C. The van der Waals surface area contributed by atoms with Crippen LogP contribution in [0.1, 0.15) is 27.7 Å². The Labute approximate surface area is 61.8 Å². The van der Waals surface area contributed by atoms with Crippen LogP contribution in [0.4, 0.5) is 0 Å². The summed E-state index contributed by atoms with van der Waals surface area (Å²) in [6.07, 6.45) is 0. The van der Waals surface area contributed by atoms with Gasteiger partial charge in [-0.15, -0.1) is 0 Å². The van der Waals surface area contributed by atoms with Crippen LogP contribution < -0.4 is 0 Å². The van der Waals surface area contributed by atoms with Crippen LogP contribution in [0.25, 0.3) is 0 Å². The van der Waals surface area contributed by atoms with Gasteiger partial charge in [-0.3, -0.25) is 4.84 Å². The highest BCUT2D eigenvalue weighted by atomic mass is 16.9. The molecule has 0 aromatic rings. The summed E-state index contributed by atoms with van der Waals surface area (Å²) in [6.45, 7) is 10.4. The van der Waals surface area contributed by atoms with Crippen molar-refractivity contribution in [1.29, 1.82) is 0 Å². The van der Waals surface area contributed by atoms with Crippen molar-refractivity contribution < 1.29 is 4.84 Å². The third kappa shape index (κ3) is 4.35. The van der Waals surface area contributed by atoms with Crippen molar-refractivity contribution >= 4 is 0 Å². The summed E-state index contributed by atoms with van der Waals surface area (Å²) in [5, 5.41) is 11.2. The van der Waals surface area contributed by atoms with Gasteiger partial charge in [0.05, 0.1) is 5.60 Å². The maximum atomic E-state index is 10.8. The highest BCUT2D eigenvalue weighted by Gasteiger charge is 2.11. The van der Waals surface area contributed by atoms with Gasteiger partial charge >= 0.3 is 0 Å². The molecule has 3 heteroatoms. The van der Waals surface area contributed by atoms with Crippen LogP contribution in [0.3, 0.4) is 0 Å². The largest absolute Gasteiger partial charge is 0.734 e. The standard InChI is InChI=1S/C7H14NO2/c1-6(2)8(9)10-7(3,4)5/h1H2,2-5H3/q-1. The molecule has 0 spiro atoms. The fourth-order valence-electron chi connectivity index (χ4n) is 0.327. The molecular weight excluding hydrogens is 130 g/mol. The van der Waals surface area contributed by atoms with Crippen molar-refractivity contribution in [3.05, 3.63) is 17.5 Å². The van der Waals surface area contributed by atoms with Crippen LogP contribution in [0, 0.1) is 5.21 Å². The minimum Gasteiger partial charge on any atom is -0.734 e. The number of hydroxylamine groups is 2. The van der Waals surface area contributed by atoms with E-state index in [1.54, 1.807) is 27.7 Å². The maximum Gasteiger partial charge on any atom is 0.0868 e. The topological polar surface area (TPSA) is 35.5 Å². The molecule has 0 N–H and O–H groups in total. The van der Waals surface area contributed by atoms with E-state index in [-0.39, 0.29) is 0 Å². The van der Waals surface area contributed by atoms with E-state index in [4.69, 9.17) is 4.84 Å². The van der Waals surface area contributed by atoms with Gasteiger partial charge in [0.25, 0.3) is 0 Å². The molecule has 60 valence electrons. The van der Waals surface area contributed by atoms with Gasteiger partial charge in [-0.2, -0.15) is 0 Å². The molecule has 0 atom stereocenters. The minimum atomic E-state index is -0.444. The normalized spacial score (nSPS) is 11.3. The molecule has 0 aromatic heterocycles. The average Bonchev–Trinajstić information content (AvgIpc) is 1.60. The Morgan fingerprint density at radius 1 is 1.50 bits per heavy atom. The van der Waals surface area contributed by atoms with Gasteiger partial charge in [-0.05, 0) is 27.7 Å². The summed E-state index contributed by atoms with van der Waals surface area (Å²) in [5.74, 6) is 0. The molecule has 0 saturated heterocycles. The second kappa shape index (κ2) is 3.03. The first-order valence-electron chi connectivity index (χ1n) is 3.15. The van der Waals surface area contributed by atoms with E-state index in [2.05, 4.69) is 6.58 Å². The molecule has 0 aliphatic rings. The summed E-state index contributed by atoms with van der Waals surface area (Å²) in [6, 6.07) is 0. The van der Waals surface area contributed by atoms with Crippen LogP contribution in [-0.2, 0) is 4.84 Å². The quantitative estimate of drug-likeness (QED) is 0.556. The van der Waals surface area contributed by atoms with Gasteiger partial charge in [-0.1, -0.05) is 6.58 Å². The number of hydrogen-bond donors (Lipinski definition) is 0. The van der Waals surface area contributed by atoms with Crippen molar-refractivity contribution in [1.82, 2.24) is 5.23 Å². The number of hydrogen-bond acceptors (Lipinski definition) is 3. The Hall–Kier alpha value is -0.540. The van der Waals surface area contributed by atoms with Gasteiger partial charge in [0.15, 0.2) is 0 Å². The Bertz CT molecular complexity index is 126. The molecule has 0 bridgehead atoms. The third-order valence-electron chi connectivity index (χ3n) is 0.668. The first-order chi connectivity index (χ1) is 4.33. The summed E-state index contributed by atoms with van der Waals surface area (Å²) < 4.78 is 0. The zero-order valence-corrected chi connectivity index (χ0v) is 6.97. The molecule has 10 heavy (non-hydrogen) atoms. The summed E-state index contributed by atoms with van der Waals surface area (Å²) in [4.78, 5) is 4.88. The van der Waals surface area contributed by atoms with Crippen molar-refractivity contribution in [2.75, 3.05) is 0 Å². The van der Waals surface area contributed by atoms with E-state index in [1.807, 2.05) is 0 Å². The van der Waals surface area contributed by atoms with E-state index in [1.165, 1.54) is 0 Å².